The number of nitrogens with one attached hydrogen (secondary N) is 1. The van der Waals surface area contributed by atoms with Crippen LogP contribution < -0.4 is 10.1 Å². The van der Waals surface area contributed by atoms with E-state index in [1.54, 1.807) is 0 Å². The highest BCUT2D eigenvalue weighted by molar-refractivity contribution is 6.30. The summed E-state index contributed by atoms with van der Waals surface area (Å²) in [4.78, 5) is 14.8. The van der Waals surface area contributed by atoms with Crippen LogP contribution in [0.3, 0.4) is 0 Å². The molecule has 1 aliphatic heterocycles. The maximum atomic E-state index is 12.8. The van der Waals surface area contributed by atoms with Gasteiger partial charge in [-0.25, -0.2) is 0 Å². The number of hydrogen-bond acceptors (Lipinski definition) is 3. The molecule has 1 fully saturated rings. The molecule has 0 aliphatic carbocycles. The fourth-order valence-corrected chi connectivity index (χ4v) is 3.55. The van der Waals surface area contributed by atoms with Crippen LogP contribution in [-0.4, -0.2) is 37.5 Å². The minimum atomic E-state index is 0.0963. The van der Waals surface area contributed by atoms with Crippen LogP contribution in [0.2, 0.25) is 5.02 Å². The van der Waals surface area contributed by atoms with E-state index in [1.807, 2.05) is 60.5 Å². The van der Waals surface area contributed by atoms with Crippen LogP contribution >= 0.6 is 11.6 Å². The van der Waals surface area contributed by atoms with Crippen molar-refractivity contribution in [1.82, 2.24) is 10.2 Å². The Morgan fingerprint density at radius 1 is 1.19 bits per heavy atom. The van der Waals surface area contributed by atoms with Crippen LogP contribution in [0.4, 0.5) is 0 Å². The van der Waals surface area contributed by atoms with Gasteiger partial charge in [0.15, 0.2) is 0 Å². The van der Waals surface area contributed by atoms with E-state index in [-0.39, 0.29) is 5.91 Å². The van der Waals surface area contributed by atoms with Gasteiger partial charge in [-0.3, -0.25) is 4.79 Å². The molecule has 0 saturated carbocycles. The molecule has 0 bridgehead atoms. The van der Waals surface area contributed by atoms with Gasteiger partial charge in [0.05, 0.1) is 0 Å². The number of piperidine rings is 1. The Morgan fingerprint density at radius 2 is 1.93 bits per heavy atom. The summed E-state index contributed by atoms with van der Waals surface area (Å²) in [5.41, 5.74) is 1.73. The molecule has 3 rings (SSSR count). The van der Waals surface area contributed by atoms with E-state index in [4.69, 9.17) is 16.3 Å². The highest BCUT2D eigenvalue weighted by atomic mass is 35.5. The number of ether oxygens (including phenoxy) is 1. The Bertz CT molecular complexity index is 740. The molecule has 144 valence electrons. The predicted molar refractivity (Wildman–Crippen MR) is 109 cm³/mol. The van der Waals surface area contributed by atoms with Gasteiger partial charge in [-0.1, -0.05) is 29.8 Å². The molecule has 0 atom stereocenters. The molecule has 5 heteroatoms. The van der Waals surface area contributed by atoms with E-state index in [0.717, 1.165) is 44.0 Å². The average molecular weight is 387 g/mol. The zero-order chi connectivity index (χ0) is 19.1. The van der Waals surface area contributed by atoms with E-state index < -0.39 is 0 Å². The molecular weight excluding hydrogens is 360 g/mol. The minimum absolute atomic E-state index is 0.0963. The number of halogens is 1. The van der Waals surface area contributed by atoms with Crippen LogP contribution in [-0.2, 0) is 6.61 Å². The summed E-state index contributed by atoms with van der Waals surface area (Å²) in [6, 6.07) is 15.0. The van der Waals surface area contributed by atoms with Crippen LogP contribution in [0.1, 0.15) is 35.2 Å². The molecule has 1 aliphatic rings. The average Bonchev–Trinajstić information content (AvgIpc) is 2.72. The first-order chi connectivity index (χ1) is 13.2. The van der Waals surface area contributed by atoms with Crippen LogP contribution in [0.5, 0.6) is 5.75 Å². The molecule has 4 nitrogen and oxygen atoms in total. The first kappa shape index (κ1) is 19.7. The molecule has 1 heterocycles. The van der Waals surface area contributed by atoms with Gasteiger partial charge in [0.1, 0.15) is 12.4 Å². The number of likely N-dealkylation sites (tertiary alicyclic amines) is 1. The first-order valence-corrected chi connectivity index (χ1v) is 9.94. The molecule has 1 amide bonds. The standard InChI is InChI=1S/C22H27ClN2O2/c1-24-12-9-17-10-13-25(14-11-17)22(26)19-3-2-4-21(15-19)27-16-18-5-7-20(23)8-6-18/h2-8,15,17,24H,9-14,16H2,1H3. The van der Waals surface area contributed by atoms with Gasteiger partial charge in [0.25, 0.3) is 5.91 Å². The summed E-state index contributed by atoms with van der Waals surface area (Å²) >= 11 is 5.91. The fraction of sp³-hybridized carbons (Fsp3) is 0.409. The zero-order valence-corrected chi connectivity index (χ0v) is 16.5. The number of carbonyl (C=O) groups excluding carboxylic acids is 1. The number of hydrogen-bond donors (Lipinski definition) is 1. The quantitative estimate of drug-likeness (QED) is 0.767. The molecule has 0 radical (unpaired) electrons. The van der Waals surface area contributed by atoms with Crippen molar-refractivity contribution in [2.75, 3.05) is 26.7 Å². The lowest BCUT2D eigenvalue weighted by molar-refractivity contribution is 0.0686. The van der Waals surface area contributed by atoms with Crippen LogP contribution in [0.25, 0.3) is 0 Å². The van der Waals surface area contributed by atoms with E-state index in [1.165, 1.54) is 6.42 Å². The normalized spacial score (nSPS) is 15.0. The van der Waals surface area contributed by atoms with Crippen molar-refractivity contribution in [3.63, 3.8) is 0 Å². The SMILES string of the molecule is CNCCC1CCN(C(=O)c2cccc(OCc3ccc(Cl)cc3)c2)CC1. The van der Waals surface area contributed by atoms with Gasteiger partial charge >= 0.3 is 0 Å². The Morgan fingerprint density at radius 3 is 2.63 bits per heavy atom. The highest BCUT2D eigenvalue weighted by Crippen LogP contribution is 2.23. The van der Waals surface area contributed by atoms with Gasteiger partial charge in [-0.2, -0.15) is 0 Å². The smallest absolute Gasteiger partial charge is 0.253 e. The molecule has 0 spiro atoms. The maximum absolute atomic E-state index is 12.8. The van der Waals surface area contributed by atoms with Crippen molar-refractivity contribution < 1.29 is 9.53 Å². The summed E-state index contributed by atoms with van der Waals surface area (Å²) in [6.07, 6.45) is 3.35. The lowest BCUT2D eigenvalue weighted by Crippen LogP contribution is -2.38. The van der Waals surface area contributed by atoms with Crippen LogP contribution in [0, 0.1) is 5.92 Å². The van der Waals surface area contributed by atoms with Crippen molar-refractivity contribution >= 4 is 17.5 Å². The highest BCUT2D eigenvalue weighted by Gasteiger charge is 2.23. The Balaban J connectivity index is 1.55. The van der Waals surface area contributed by atoms with Crippen molar-refractivity contribution in [2.24, 2.45) is 5.92 Å². The number of nitrogens with zero attached hydrogens (tertiary/aromatic N) is 1. The van der Waals surface area contributed by atoms with E-state index in [2.05, 4.69) is 5.32 Å². The maximum Gasteiger partial charge on any atom is 0.253 e. The van der Waals surface area contributed by atoms with Gasteiger partial charge in [0, 0.05) is 23.7 Å². The molecule has 2 aromatic rings. The van der Waals surface area contributed by atoms with E-state index in [0.29, 0.717) is 22.9 Å². The molecule has 1 saturated heterocycles. The van der Waals surface area contributed by atoms with E-state index >= 15 is 0 Å². The molecule has 0 aromatic heterocycles. The first-order valence-electron chi connectivity index (χ1n) is 9.57. The summed E-state index contributed by atoms with van der Waals surface area (Å²) in [5.74, 6) is 1.52. The number of benzene rings is 2. The lowest BCUT2D eigenvalue weighted by Gasteiger charge is -2.32. The van der Waals surface area contributed by atoms with Crippen molar-refractivity contribution in [1.29, 1.82) is 0 Å². The van der Waals surface area contributed by atoms with Gasteiger partial charge in [-0.15, -0.1) is 0 Å². The number of carbonyl (C=O) groups is 1. The summed E-state index contributed by atoms with van der Waals surface area (Å²) in [5, 5.41) is 3.92. The Labute approximate surface area is 166 Å². The summed E-state index contributed by atoms with van der Waals surface area (Å²) in [6.45, 7) is 3.17. The summed E-state index contributed by atoms with van der Waals surface area (Å²) in [7, 11) is 1.99. The molecule has 27 heavy (non-hydrogen) atoms. The second-order valence-electron chi connectivity index (χ2n) is 7.07. The zero-order valence-electron chi connectivity index (χ0n) is 15.8. The lowest BCUT2D eigenvalue weighted by atomic mass is 9.93. The minimum Gasteiger partial charge on any atom is -0.489 e. The van der Waals surface area contributed by atoms with Crippen molar-refractivity contribution in [2.45, 2.75) is 25.9 Å². The molecule has 0 unspecified atom stereocenters. The van der Waals surface area contributed by atoms with Crippen molar-refractivity contribution in [3.05, 3.63) is 64.7 Å². The third-order valence-electron chi connectivity index (χ3n) is 5.10. The third kappa shape index (κ3) is 5.72. The molecular formula is C22H27ClN2O2. The molecule has 2 aromatic carbocycles. The second kappa shape index (κ2) is 9.77. The van der Waals surface area contributed by atoms with E-state index in [9.17, 15) is 4.79 Å². The summed E-state index contributed by atoms with van der Waals surface area (Å²) < 4.78 is 5.85. The largest absolute Gasteiger partial charge is 0.489 e. The van der Waals surface area contributed by atoms with Crippen molar-refractivity contribution in [3.8, 4) is 5.75 Å². The fourth-order valence-electron chi connectivity index (χ4n) is 3.42. The number of rotatable bonds is 7. The Hall–Kier alpha value is -2.04. The second-order valence-corrected chi connectivity index (χ2v) is 7.51. The molecule has 1 N–H and O–H groups in total. The van der Waals surface area contributed by atoms with Crippen LogP contribution in [0.15, 0.2) is 48.5 Å². The predicted octanol–water partition coefficient (Wildman–Crippen LogP) is 4.38. The Kier molecular flexibility index (Phi) is 7.13. The number of amides is 1. The van der Waals surface area contributed by atoms with Gasteiger partial charge in [0.2, 0.25) is 0 Å². The van der Waals surface area contributed by atoms with Gasteiger partial charge in [-0.05, 0) is 74.7 Å². The topological polar surface area (TPSA) is 41.6 Å². The van der Waals surface area contributed by atoms with Gasteiger partial charge < -0.3 is 15.0 Å². The third-order valence-corrected chi connectivity index (χ3v) is 5.36. The monoisotopic (exact) mass is 386 g/mol.